The molecular formula is C24H27F2N5O3. The number of likely N-dealkylation sites (tertiary alicyclic amines) is 1. The van der Waals surface area contributed by atoms with Crippen LogP contribution in [0.25, 0.3) is 10.9 Å². The van der Waals surface area contributed by atoms with Crippen LogP contribution in [0.3, 0.4) is 0 Å². The molecule has 2 saturated heterocycles. The number of H-pyrrole nitrogens is 1. The van der Waals surface area contributed by atoms with Crippen LogP contribution in [0, 0.1) is 6.92 Å². The van der Waals surface area contributed by atoms with E-state index in [2.05, 4.69) is 10.3 Å². The Labute approximate surface area is 194 Å². The van der Waals surface area contributed by atoms with Crippen molar-refractivity contribution < 1.29 is 18.3 Å². The lowest BCUT2D eigenvalue weighted by atomic mass is 10.0. The third-order valence-corrected chi connectivity index (χ3v) is 6.61. The number of carbonyl (C=O) groups excluding carboxylic acids is 1. The van der Waals surface area contributed by atoms with E-state index in [0.717, 1.165) is 25.0 Å². The Morgan fingerprint density at radius 1 is 1.26 bits per heavy atom. The van der Waals surface area contributed by atoms with Gasteiger partial charge in [-0.15, -0.1) is 0 Å². The van der Waals surface area contributed by atoms with E-state index in [0.29, 0.717) is 34.6 Å². The van der Waals surface area contributed by atoms with E-state index in [4.69, 9.17) is 9.84 Å². The van der Waals surface area contributed by atoms with Gasteiger partial charge in [0.05, 0.1) is 18.2 Å². The molecule has 10 heteroatoms. The van der Waals surface area contributed by atoms with Crippen LogP contribution < -0.4 is 10.9 Å². The molecule has 0 spiro atoms. The maximum absolute atomic E-state index is 13.5. The van der Waals surface area contributed by atoms with Crippen molar-refractivity contribution in [3.8, 4) is 0 Å². The molecule has 0 unspecified atom stereocenters. The number of amides is 1. The summed E-state index contributed by atoms with van der Waals surface area (Å²) in [4.78, 5) is 29.7. The Bertz CT molecular complexity index is 1270. The number of fused-ring (bicyclic) bond motifs is 1. The fourth-order valence-electron chi connectivity index (χ4n) is 4.71. The number of hydrogen-bond acceptors (Lipinski definition) is 5. The summed E-state index contributed by atoms with van der Waals surface area (Å²) in [6.45, 7) is 3.16. The molecule has 2 N–H and O–H groups in total. The summed E-state index contributed by atoms with van der Waals surface area (Å²) in [5.74, 6) is -2.52. The molecule has 2 aliphatic rings. The zero-order valence-corrected chi connectivity index (χ0v) is 18.9. The van der Waals surface area contributed by atoms with Crippen molar-refractivity contribution in [2.45, 2.75) is 44.6 Å². The van der Waals surface area contributed by atoms with Crippen LogP contribution in [0.4, 0.5) is 20.3 Å². The van der Waals surface area contributed by atoms with Gasteiger partial charge in [0.1, 0.15) is 5.39 Å². The van der Waals surface area contributed by atoms with Crippen LogP contribution in [-0.4, -0.2) is 57.8 Å². The maximum atomic E-state index is 13.5. The number of aromatic nitrogens is 3. The number of aryl methyl sites for hydroxylation is 1. The number of pyridine rings is 1. The number of piperidine rings is 1. The minimum Gasteiger partial charge on any atom is -0.379 e. The number of ether oxygens (including phenoxy) is 1. The third kappa shape index (κ3) is 4.29. The highest BCUT2D eigenvalue weighted by Gasteiger charge is 2.36. The van der Waals surface area contributed by atoms with Crippen LogP contribution in [-0.2, 0) is 4.74 Å². The molecule has 180 valence electrons. The Kier molecular flexibility index (Phi) is 5.85. The number of hydrogen-bond donors (Lipinski definition) is 2. The molecule has 1 atom stereocenters. The summed E-state index contributed by atoms with van der Waals surface area (Å²) >= 11 is 0. The monoisotopic (exact) mass is 471 g/mol. The van der Waals surface area contributed by atoms with Gasteiger partial charge >= 0.3 is 0 Å². The van der Waals surface area contributed by atoms with Gasteiger partial charge in [-0.25, -0.2) is 8.78 Å². The smallest absolute Gasteiger partial charge is 0.261 e. The molecule has 3 aromatic rings. The van der Waals surface area contributed by atoms with Gasteiger partial charge in [-0.2, -0.15) is 5.10 Å². The number of carbonyl (C=O) groups is 1. The summed E-state index contributed by atoms with van der Waals surface area (Å²) in [6.07, 6.45) is 2.83. The Morgan fingerprint density at radius 2 is 2.06 bits per heavy atom. The first-order valence-corrected chi connectivity index (χ1v) is 11.5. The number of anilines is 2. The van der Waals surface area contributed by atoms with Gasteiger partial charge in [0.2, 0.25) is 0 Å². The number of nitrogens with one attached hydrogen (secondary N) is 2. The SMILES string of the molecule is Cc1cc(Nc2nn([C@@H]3CCCOC3)c3cc[nH]c(=O)c23)ccc1C(=O)N1CCC(F)(F)CC1. The second-order valence-electron chi connectivity index (χ2n) is 9.03. The molecule has 2 aromatic heterocycles. The van der Waals surface area contributed by atoms with Crippen molar-refractivity contribution in [2.75, 3.05) is 31.6 Å². The molecule has 0 saturated carbocycles. The van der Waals surface area contributed by atoms with Gasteiger partial charge in [0.25, 0.3) is 17.4 Å². The lowest BCUT2D eigenvalue weighted by Gasteiger charge is -2.32. The molecule has 5 rings (SSSR count). The van der Waals surface area contributed by atoms with Crippen molar-refractivity contribution in [1.82, 2.24) is 19.7 Å². The van der Waals surface area contributed by atoms with Crippen LogP contribution in [0.2, 0.25) is 0 Å². The lowest BCUT2D eigenvalue weighted by molar-refractivity contribution is -0.0494. The molecule has 1 amide bonds. The van der Waals surface area contributed by atoms with Crippen LogP contribution >= 0.6 is 0 Å². The maximum Gasteiger partial charge on any atom is 0.261 e. The highest BCUT2D eigenvalue weighted by atomic mass is 19.3. The van der Waals surface area contributed by atoms with Crippen LogP contribution in [0.15, 0.2) is 35.3 Å². The van der Waals surface area contributed by atoms with Crippen molar-refractivity contribution in [3.63, 3.8) is 0 Å². The molecule has 0 radical (unpaired) electrons. The second kappa shape index (κ2) is 8.83. The van der Waals surface area contributed by atoms with Crippen molar-refractivity contribution in [3.05, 3.63) is 51.9 Å². The highest BCUT2D eigenvalue weighted by molar-refractivity contribution is 5.96. The van der Waals surface area contributed by atoms with Crippen molar-refractivity contribution in [1.29, 1.82) is 0 Å². The number of nitrogens with zero attached hydrogens (tertiary/aromatic N) is 3. The Morgan fingerprint density at radius 3 is 2.76 bits per heavy atom. The molecule has 2 aliphatic heterocycles. The minimum absolute atomic E-state index is 0.0440. The average molecular weight is 472 g/mol. The second-order valence-corrected chi connectivity index (χ2v) is 9.03. The largest absolute Gasteiger partial charge is 0.379 e. The van der Waals surface area contributed by atoms with E-state index in [1.54, 1.807) is 31.3 Å². The first-order valence-electron chi connectivity index (χ1n) is 11.5. The molecule has 34 heavy (non-hydrogen) atoms. The van der Waals surface area contributed by atoms with Gasteiger partial charge in [-0.3, -0.25) is 14.3 Å². The minimum atomic E-state index is -2.70. The zero-order valence-electron chi connectivity index (χ0n) is 18.9. The normalized spacial score (nSPS) is 20.4. The molecule has 2 fully saturated rings. The molecule has 8 nitrogen and oxygen atoms in total. The van der Waals surface area contributed by atoms with E-state index >= 15 is 0 Å². The Hall–Kier alpha value is -3.27. The number of halogens is 2. The van der Waals surface area contributed by atoms with Gasteiger partial charge in [-0.1, -0.05) is 0 Å². The molecular weight excluding hydrogens is 444 g/mol. The van der Waals surface area contributed by atoms with Crippen LogP contribution in [0.1, 0.15) is 47.6 Å². The van der Waals surface area contributed by atoms with E-state index in [1.165, 1.54) is 4.90 Å². The summed E-state index contributed by atoms with van der Waals surface area (Å²) in [7, 11) is 0. The van der Waals surface area contributed by atoms with Crippen molar-refractivity contribution in [2.24, 2.45) is 0 Å². The standard InChI is InChI=1S/C24H27F2N5O3/c1-15-13-16(4-5-18(15)23(33)30-10-7-24(25,26)8-11-30)28-21-20-19(6-9-27-22(20)32)31(29-21)17-3-2-12-34-14-17/h4-6,9,13,17H,2-3,7-8,10-12,14H2,1H3,(H,27,32)(H,28,29)/t17-/m1/s1. The van der Waals surface area contributed by atoms with Crippen LogP contribution in [0.5, 0.6) is 0 Å². The predicted molar refractivity (Wildman–Crippen MR) is 124 cm³/mol. The quantitative estimate of drug-likeness (QED) is 0.600. The van der Waals surface area contributed by atoms with Gasteiger partial charge in [0.15, 0.2) is 5.82 Å². The topological polar surface area (TPSA) is 92.2 Å². The fraction of sp³-hybridized carbons (Fsp3) is 0.458. The lowest BCUT2D eigenvalue weighted by Crippen LogP contribution is -2.42. The van der Waals surface area contributed by atoms with E-state index in [-0.39, 0.29) is 43.4 Å². The summed E-state index contributed by atoms with van der Waals surface area (Å²) in [6, 6.07) is 7.11. The highest BCUT2D eigenvalue weighted by Crippen LogP contribution is 2.31. The Balaban J connectivity index is 1.41. The summed E-state index contributed by atoms with van der Waals surface area (Å²) in [5.41, 5.74) is 2.35. The molecule has 4 heterocycles. The first-order chi connectivity index (χ1) is 16.3. The molecule has 0 aliphatic carbocycles. The van der Waals surface area contributed by atoms with E-state index in [1.807, 2.05) is 10.7 Å². The van der Waals surface area contributed by atoms with E-state index < -0.39 is 5.92 Å². The zero-order chi connectivity index (χ0) is 23.9. The third-order valence-electron chi connectivity index (χ3n) is 6.61. The average Bonchev–Trinajstić information content (AvgIpc) is 3.19. The van der Waals surface area contributed by atoms with Gasteiger partial charge < -0.3 is 19.9 Å². The molecule has 1 aromatic carbocycles. The molecule has 0 bridgehead atoms. The summed E-state index contributed by atoms with van der Waals surface area (Å²) < 4.78 is 34.4. The predicted octanol–water partition coefficient (Wildman–Crippen LogP) is 4.00. The number of aromatic amines is 1. The number of alkyl halides is 2. The van der Waals surface area contributed by atoms with Crippen molar-refractivity contribution >= 4 is 28.3 Å². The van der Waals surface area contributed by atoms with Gasteiger partial charge in [-0.05, 0) is 49.6 Å². The fourth-order valence-corrected chi connectivity index (χ4v) is 4.71. The number of rotatable bonds is 4. The van der Waals surface area contributed by atoms with Gasteiger partial charge in [0, 0.05) is 50.0 Å². The van der Waals surface area contributed by atoms with E-state index in [9.17, 15) is 18.4 Å². The summed E-state index contributed by atoms with van der Waals surface area (Å²) in [5, 5.41) is 8.39. The number of benzene rings is 1. The first kappa shape index (κ1) is 22.5.